The van der Waals surface area contributed by atoms with Crippen LogP contribution >= 0.6 is 0 Å². The minimum Gasteiger partial charge on any atom is -0.0736 e. The molecule has 4 atom stereocenters. The van der Waals surface area contributed by atoms with Gasteiger partial charge in [-0.15, -0.1) is 0 Å². The van der Waals surface area contributed by atoms with Crippen LogP contribution in [0.15, 0.2) is 11.6 Å². The van der Waals surface area contributed by atoms with E-state index in [4.69, 9.17) is 0 Å². The Morgan fingerprint density at radius 3 is 2.50 bits per heavy atom. The van der Waals surface area contributed by atoms with Crippen LogP contribution in [-0.2, 0) is 0 Å². The van der Waals surface area contributed by atoms with Gasteiger partial charge < -0.3 is 0 Å². The van der Waals surface area contributed by atoms with E-state index in [1.165, 1.54) is 11.8 Å². The van der Waals surface area contributed by atoms with Crippen molar-refractivity contribution in [3.63, 3.8) is 0 Å². The monoisotopic (exact) mass is 104 g/mol. The first-order valence-electron chi connectivity index (χ1n) is 3.54. The second kappa shape index (κ2) is 0.429. The molecular weight excluding hydrogens is 96.1 g/mol. The summed E-state index contributed by atoms with van der Waals surface area (Å²) < 4.78 is 0. The molecule has 3 saturated carbocycles. The predicted molar refractivity (Wildman–Crippen MR) is 30.2 cm³/mol. The van der Waals surface area contributed by atoms with Crippen molar-refractivity contribution in [1.82, 2.24) is 0 Å². The van der Waals surface area contributed by atoms with Crippen LogP contribution in [-0.4, -0.2) is 0 Å². The maximum atomic E-state index is 2.50. The Hall–Kier alpha value is -0.260. The molecule has 3 fully saturated rings. The van der Waals surface area contributed by atoms with Crippen molar-refractivity contribution < 1.29 is 0 Å². The largest absolute Gasteiger partial charge is 0.0736 e. The van der Waals surface area contributed by atoms with Crippen molar-refractivity contribution in [3.05, 3.63) is 11.6 Å². The maximum absolute atomic E-state index is 2.50. The van der Waals surface area contributed by atoms with Gasteiger partial charge in [0.2, 0.25) is 0 Å². The van der Waals surface area contributed by atoms with Gasteiger partial charge in [0.05, 0.1) is 0 Å². The van der Waals surface area contributed by atoms with Crippen LogP contribution in [0.2, 0.25) is 0 Å². The average Bonchev–Trinajstić information content (AvgIpc) is 2.27. The molecule has 0 aromatic heterocycles. The summed E-state index contributed by atoms with van der Waals surface area (Å²) in [5.41, 5.74) is 3.51. The molecule has 0 heteroatoms. The normalized spacial score (nSPS) is 84.9. The van der Waals surface area contributed by atoms with Crippen LogP contribution < -0.4 is 0 Å². The lowest BCUT2D eigenvalue weighted by Crippen LogP contribution is -1.90. The van der Waals surface area contributed by atoms with Gasteiger partial charge in [0.25, 0.3) is 0 Å². The summed E-state index contributed by atoms with van der Waals surface area (Å²) >= 11 is 0. The number of hydrogen-bond acceptors (Lipinski definition) is 0. The van der Waals surface area contributed by atoms with Crippen molar-refractivity contribution in [2.24, 2.45) is 22.7 Å². The van der Waals surface area contributed by atoms with Crippen LogP contribution in [0.25, 0.3) is 0 Å². The Morgan fingerprint density at radius 1 is 1.75 bits per heavy atom. The van der Waals surface area contributed by atoms with Crippen LogP contribution in [0.1, 0.15) is 13.3 Å². The van der Waals surface area contributed by atoms with Crippen molar-refractivity contribution in [2.45, 2.75) is 13.3 Å². The molecule has 8 heavy (non-hydrogen) atoms. The molecule has 0 aromatic carbocycles. The Labute approximate surface area is 48.6 Å². The first-order valence-corrected chi connectivity index (χ1v) is 3.54. The predicted octanol–water partition coefficient (Wildman–Crippen LogP) is 1.58. The molecular formula is C8H8. The molecule has 0 nitrogen and oxygen atoms in total. The van der Waals surface area contributed by atoms with E-state index in [0.29, 0.717) is 0 Å². The summed E-state index contributed by atoms with van der Waals surface area (Å²) in [4.78, 5) is 0. The van der Waals surface area contributed by atoms with Gasteiger partial charge in [-0.3, -0.25) is 0 Å². The number of hydrogen-bond donors (Lipinski definition) is 0. The SMILES string of the molecule is CC1=CC12C1C3CC312. The molecule has 0 aromatic rings. The van der Waals surface area contributed by atoms with Gasteiger partial charge >= 0.3 is 0 Å². The molecule has 4 aliphatic carbocycles. The quantitative estimate of drug-likeness (QED) is 0.409. The fourth-order valence-corrected chi connectivity index (χ4v) is 3.36. The van der Waals surface area contributed by atoms with Gasteiger partial charge in [0, 0.05) is 5.41 Å². The van der Waals surface area contributed by atoms with Gasteiger partial charge in [-0.1, -0.05) is 11.6 Å². The van der Waals surface area contributed by atoms with Crippen molar-refractivity contribution >= 4 is 0 Å². The highest BCUT2D eigenvalue weighted by molar-refractivity contribution is 5.69. The molecule has 0 heterocycles. The molecule has 0 N–H and O–H groups in total. The number of fused-ring (bicyclic) bond motifs is 2. The number of allylic oxidation sites excluding steroid dienone is 2. The molecule has 2 spiro atoms. The Balaban J connectivity index is 1.95. The summed E-state index contributed by atoms with van der Waals surface area (Å²) in [6.45, 7) is 2.30. The van der Waals surface area contributed by atoms with E-state index in [2.05, 4.69) is 13.0 Å². The van der Waals surface area contributed by atoms with Gasteiger partial charge in [-0.05, 0) is 30.6 Å². The molecule has 0 radical (unpaired) electrons. The van der Waals surface area contributed by atoms with E-state index in [-0.39, 0.29) is 0 Å². The Morgan fingerprint density at radius 2 is 2.38 bits per heavy atom. The summed E-state index contributed by atoms with van der Waals surface area (Å²) in [5, 5.41) is 0. The minimum atomic E-state index is 0.817. The molecule has 0 saturated heterocycles. The highest BCUT2D eigenvalue weighted by Crippen LogP contribution is 3.11. The van der Waals surface area contributed by atoms with E-state index >= 15 is 0 Å². The Bertz CT molecular complexity index is 251. The Kier molecular flexibility index (Phi) is 0.164. The van der Waals surface area contributed by atoms with Crippen LogP contribution in [0.5, 0.6) is 0 Å². The molecule has 0 bridgehead atoms. The lowest BCUT2D eigenvalue weighted by Gasteiger charge is -1.94. The standard InChI is InChI=1S/C8H8/c1-4-2-7(4)6-5-3-8(5,6)7/h2,5-6H,3H2,1H3. The first-order chi connectivity index (χ1) is 3.84. The highest BCUT2D eigenvalue weighted by Gasteiger charge is 3.07. The number of rotatable bonds is 0. The average molecular weight is 104 g/mol. The molecule has 4 rings (SSSR count). The van der Waals surface area contributed by atoms with Gasteiger partial charge in [-0.25, -0.2) is 0 Å². The molecule has 0 aliphatic heterocycles. The van der Waals surface area contributed by atoms with Crippen molar-refractivity contribution in [3.8, 4) is 0 Å². The zero-order chi connectivity index (χ0) is 5.15. The lowest BCUT2D eigenvalue weighted by atomic mass is 10.1. The highest BCUT2D eigenvalue weighted by atomic mass is 15.1. The maximum Gasteiger partial charge on any atom is 0.0190 e. The van der Waals surface area contributed by atoms with Gasteiger partial charge in [0.1, 0.15) is 0 Å². The van der Waals surface area contributed by atoms with E-state index in [1.54, 1.807) is 12.0 Å². The van der Waals surface area contributed by atoms with E-state index < -0.39 is 0 Å². The van der Waals surface area contributed by atoms with Crippen molar-refractivity contribution in [1.29, 1.82) is 0 Å². The fourth-order valence-electron chi connectivity index (χ4n) is 3.36. The van der Waals surface area contributed by atoms with Crippen LogP contribution in [0, 0.1) is 22.7 Å². The third kappa shape index (κ3) is 0.0859. The van der Waals surface area contributed by atoms with E-state index in [0.717, 1.165) is 10.8 Å². The lowest BCUT2D eigenvalue weighted by molar-refractivity contribution is 0.634. The second-order valence-electron chi connectivity index (χ2n) is 4.03. The minimum absolute atomic E-state index is 0.817. The van der Waals surface area contributed by atoms with E-state index in [9.17, 15) is 0 Å². The fraction of sp³-hybridized carbons (Fsp3) is 0.750. The van der Waals surface area contributed by atoms with Crippen LogP contribution in [0.4, 0.5) is 0 Å². The summed E-state index contributed by atoms with van der Waals surface area (Å²) in [6, 6.07) is 0. The molecule has 0 amide bonds. The zero-order valence-electron chi connectivity index (χ0n) is 4.94. The third-order valence-corrected chi connectivity index (χ3v) is 4.10. The van der Waals surface area contributed by atoms with Gasteiger partial charge in [-0.2, -0.15) is 0 Å². The summed E-state index contributed by atoms with van der Waals surface area (Å²) in [7, 11) is 0. The van der Waals surface area contributed by atoms with E-state index in [1.807, 2.05) is 0 Å². The zero-order valence-corrected chi connectivity index (χ0v) is 4.94. The van der Waals surface area contributed by atoms with Crippen LogP contribution in [0.3, 0.4) is 0 Å². The third-order valence-electron chi connectivity index (χ3n) is 4.10. The smallest absolute Gasteiger partial charge is 0.0190 e. The summed E-state index contributed by atoms with van der Waals surface area (Å²) in [6.07, 6.45) is 4.09. The summed E-state index contributed by atoms with van der Waals surface area (Å²) in [5.74, 6) is 2.44. The molecule has 4 unspecified atom stereocenters. The first kappa shape index (κ1) is 3.05. The molecule has 4 aliphatic rings. The molecule has 40 valence electrons. The van der Waals surface area contributed by atoms with Gasteiger partial charge in [0.15, 0.2) is 0 Å². The second-order valence-corrected chi connectivity index (χ2v) is 4.03. The topological polar surface area (TPSA) is 0 Å². The van der Waals surface area contributed by atoms with Crippen molar-refractivity contribution in [2.75, 3.05) is 0 Å².